The molecule has 1 aromatic heterocycles. The Hall–Kier alpha value is -4.26. The number of nitrogens with zero attached hydrogens (tertiary/aromatic N) is 2. The number of benzene rings is 3. The van der Waals surface area contributed by atoms with Gasteiger partial charge in [0.05, 0.1) is 23.5 Å². The van der Waals surface area contributed by atoms with Gasteiger partial charge in [0.1, 0.15) is 11.4 Å². The van der Waals surface area contributed by atoms with Gasteiger partial charge in [-0.05, 0) is 30.7 Å². The Morgan fingerprint density at radius 2 is 1.53 bits per heavy atom. The van der Waals surface area contributed by atoms with E-state index in [-0.39, 0.29) is 24.2 Å². The first kappa shape index (κ1) is 22.9. The van der Waals surface area contributed by atoms with Crippen LogP contribution in [0.3, 0.4) is 0 Å². The van der Waals surface area contributed by atoms with E-state index in [4.69, 9.17) is 0 Å². The van der Waals surface area contributed by atoms with Crippen molar-refractivity contribution in [2.45, 2.75) is 13.3 Å². The predicted molar refractivity (Wildman–Crippen MR) is 129 cm³/mol. The minimum atomic E-state index is -0.654. The summed E-state index contributed by atoms with van der Waals surface area (Å²) >= 11 is 0. The molecular weight excluding hydrogens is 433 g/mol. The highest BCUT2D eigenvalue weighted by Crippen LogP contribution is 2.22. The van der Waals surface area contributed by atoms with E-state index in [1.807, 2.05) is 31.2 Å². The lowest BCUT2D eigenvalue weighted by Gasteiger charge is -2.21. The second-order valence-electron chi connectivity index (χ2n) is 7.83. The molecule has 0 unspecified atom stereocenters. The minimum absolute atomic E-state index is 0.0440. The van der Waals surface area contributed by atoms with Crippen LogP contribution in [0.2, 0.25) is 0 Å². The predicted octanol–water partition coefficient (Wildman–Crippen LogP) is 4.71. The zero-order valence-electron chi connectivity index (χ0n) is 18.7. The molecule has 0 aliphatic rings. The van der Waals surface area contributed by atoms with Crippen LogP contribution in [0.4, 0.5) is 4.39 Å². The molecule has 4 aromatic rings. The van der Waals surface area contributed by atoms with Crippen LogP contribution in [-0.2, 0) is 0 Å². The summed E-state index contributed by atoms with van der Waals surface area (Å²) in [6, 6.07) is 23.7. The van der Waals surface area contributed by atoms with Crippen LogP contribution in [0, 0.1) is 5.82 Å². The summed E-state index contributed by atoms with van der Waals surface area (Å²) in [5, 5.41) is 3.06. The number of aromatic nitrogens is 2. The molecule has 0 spiro atoms. The third-order valence-electron chi connectivity index (χ3n) is 5.47. The van der Waals surface area contributed by atoms with Crippen molar-refractivity contribution in [3.8, 4) is 16.9 Å². The number of amides is 1. The van der Waals surface area contributed by atoms with Crippen LogP contribution < -0.4 is 5.56 Å². The lowest BCUT2D eigenvalue weighted by Crippen LogP contribution is -2.38. The molecule has 7 heteroatoms. The number of hydrogen-bond donors (Lipinski definition) is 1. The maximum Gasteiger partial charge on any atom is 0.282 e. The lowest BCUT2D eigenvalue weighted by molar-refractivity contribution is 0.0705. The van der Waals surface area contributed by atoms with E-state index in [0.717, 1.165) is 0 Å². The zero-order valence-corrected chi connectivity index (χ0v) is 18.7. The molecule has 0 saturated carbocycles. The standard InChI is InChI=1S/C27H24FN3O3/c1-2-17-30(26(33)21-15-9-10-16-22(21)28)18-23(32)24-25(19-11-5-3-6-12-19)29-31(27(24)34)20-13-7-4-8-14-20/h3-16,29H,2,17-18H2,1H3. The molecule has 0 aliphatic heterocycles. The number of hydrogen-bond acceptors (Lipinski definition) is 3. The summed E-state index contributed by atoms with van der Waals surface area (Å²) in [5.74, 6) is -1.76. The van der Waals surface area contributed by atoms with E-state index >= 15 is 0 Å². The zero-order chi connectivity index (χ0) is 24.1. The maximum absolute atomic E-state index is 14.3. The normalized spacial score (nSPS) is 10.8. The fourth-order valence-corrected chi connectivity index (χ4v) is 3.85. The van der Waals surface area contributed by atoms with Crippen molar-refractivity contribution in [1.29, 1.82) is 0 Å². The molecule has 6 nitrogen and oxygen atoms in total. The van der Waals surface area contributed by atoms with Crippen molar-refractivity contribution in [2.24, 2.45) is 0 Å². The number of halogens is 1. The van der Waals surface area contributed by atoms with Crippen molar-refractivity contribution < 1.29 is 14.0 Å². The van der Waals surface area contributed by atoms with Gasteiger partial charge in [-0.3, -0.25) is 19.5 Å². The van der Waals surface area contributed by atoms with Gasteiger partial charge in [-0.2, -0.15) is 0 Å². The summed E-state index contributed by atoms with van der Waals surface area (Å²) in [6.45, 7) is 1.76. The lowest BCUT2D eigenvalue weighted by atomic mass is 10.0. The van der Waals surface area contributed by atoms with Gasteiger partial charge in [-0.15, -0.1) is 0 Å². The van der Waals surface area contributed by atoms with Crippen molar-refractivity contribution >= 4 is 11.7 Å². The molecule has 3 aromatic carbocycles. The van der Waals surface area contributed by atoms with Crippen LogP contribution in [0.25, 0.3) is 16.9 Å². The first-order valence-electron chi connectivity index (χ1n) is 11.0. The Morgan fingerprint density at radius 3 is 2.18 bits per heavy atom. The van der Waals surface area contributed by atoms with Gasteiger partial charge in [-0.1, -0.05) is 67.6 Å². The Kier molecular flexibility index (Phi) is 6.82. The smallest absolute Gasteiger partial charge is 0.282 e. The first-order valence-corrected chi connectivity index (χ1v) is 11.0. The van der Waals surface area contributed by atoms with Crippen LogP contribution in [0.1, 0.15) is 34.1 Å². The fourth-order valence-electron chi connectivity index (χ4n) is 3.85. The third kappa shape index (κ3) is 4.59. The van der Waals surface area contributed by atoms with Crippen LogP contribution in [0.5, 0.6) is 0 Å². The SMILES string of the molecule is CCCN(CC(=O)c1c(-c2ccccc2)[nH]n(-c2ccccc2)c1=O)C(=O)c1ccccc1F. The summed E-state index contributed by atoms with van der Waals surface area (Å²) in [4.78, 5) is 41.2. The summed E-state index contributed by atoms with van der Waals surface area (Å²) in [6.07, 6.45) is 0.570. The molecule has 172 valence electrons. The average Bonchev–Trinajstić information content (AvgIpc) is 3.22. The number of carbonyl (C=O) groups is 2. The monoisotopic (exact) mass is 457 g/mol. The highest BCUT2D eigenvalue weighted by molar-refractivity contribution is 6.05. The molecule has 34 heavy (non-hydrogen) atoms. The van der Waals surface area contributed by atoms with E-state index in [1.54, 1.807) is 42.5 Å². The molecule has 0 atom stereocenters. The number of aromatic amines is 1. The molecular formula is C27H24FN3O3. The van der Waals surface area contributed by atoms with Gasteiger partial charge < -0.3 is 4.90 Å². The Bertz CT molecular complexity index is 1360. The largest absolute Gasteiger partial charge is 0.331 e. The van der Waals surface area contributed by atoms with Gasteiger partial charge in [0.15, 0.2) is 5.78 Å². The topological polar surface area (TPSA) is 75.2 Å². The summed E-state index contributed by atoms with van der Waals surface area (Å²) in [7, 11) is 0. The van der Waals surface area contributed by atoms with E-state index < -0.39 is 23.1 Å². The molecule has 0 radical (unpaired) electrons. The highest BCUT2D eigenvalue weighted by atomic mass is 19.1. The molecule has 0 fully saturated rings. The van der Waals surface area contributed by atoms with Crippen molar-refractivity contribution in [3.05, 3.63) is 112 Å². The van der Waals surface area contributed by atoms with Crippen molar-refractivity contribution in [1.82, 2.24) is 14.7 Å². The Labute approximate surface area is 196 Å². The maximum atomic E-state index is 14.3. The molecule has 0 saturated heterocycles. The molecule has 1 heterocycles. The Morgan fingerprint density at radius 1 is 0.912 bits per heavy atom. The molecule has 4 rings (SSSR count). The Balaban J connectivity index is 1.76. The van der Waals surface area contributed by atoms with E-state index in [2.05, 4.69) is 5.10 Å². The second-order valence-corrected chi connectivity index (χ2v) is 7.83. The second kappa shape index (κ2) is 10.1. The molecule has 0 bridgehead atoms. The molecule has 0 aliphatic carbocycles. The number of rotatable bonds is 8. The van der Waals surface area contributed by atoms with E-state index in [0.29, 0.717) is 23.4 Å². The van der Waals surface area contributed by atoms with Gasteiger partial charge in [0.25, 0.3) is 11.5 Å². The number of Topliss-reactive ketones (excluding diaryl/α,β-unsaturated/α-hetero) is 1. The van der Waals surface area contributed by atoms with Crippen molar-refractivity contribution in [3.63, 3.8) is 0 Å². The fraction of sp³-hybridized carbons (Fsp3) is 0.148. The van der Waals surface area contributed by atoms with Crippen LogP contribution in [0.15, 0.2) is 89.7 Å². The molecule has 1 N–H and O–H groups in total. The van der Waals surface area contributed by atoms with Gasteiger partial charge in [0, 0.05) is 12.1 Å². The van der Waals surface area contributed by atoms with Gasteiger partial charge in [-0.25, -0.2) is 9.07 Å². The summed E-state index contributed by atoms with van der Waals surface area (Å²) < 4.78 is 15.6. The highest BCUT2D eigenvalue weighted by Gasteiger charge is 2.27. The number of carbonyl (C=O) groups excluding carboxylic acids is 2. The van der Waals surface area contributed by atoms with Crippen LogP contribution >= 0.6 is 0 Å². The quantitative estimate of drug-likeness (QED) is 0.390. The van der Waals surface area contributed by atoms with Gasteiger partial charge in [0.2, 0.25) is 0 Å². The van der Waals surface area contributed by atoms with E-state index in [1.165, 1.54) is 27.8 Å². The number of nitrogens with one attached hydrogen (secondary N) is 1. The van der Waals surface area contributed by atoms with E-state index in [9.17, 15) is 18.8 Å². The number of ketones is 1. The van der Waals surface area contributed by atoms with Crippen LogP contribution in [-0.4, -0.2) is 39.5 Å². The van der Waals surface area contributed by atoms with Gasteiger partial charge >= 0.3 is 0 Å². The minimum Gasteiger partial charge on any atom is -0.331 e. The number of H-pyrrole nitrogens is 1. The van der Waals surface area contributed by atoms with Crippen molar-refractivity contribution in [2.75, 3.05) is 13.1 Å². The molecule has 1 amide bonds. The average molecular weight is 458 g/mol. The number of para-hydroxylation sites is 1. The summed E-state index contributed by atoms with van der Waals surface area (Å²) in [5.41, 5.74) is 0.955. The first-order chi connectivity index (χ1) is 16.5. The third-order valence-corrected chi connectivity index (χ3v) is 5.47.